The number of aliphatic hydroxyl groups is 1. The van der Waals surface area contributed by atoms with Gasteiger partial charge in [0, 0.05) is 37.7 Å². The summed E-state index contributed by atoms with van der Waals surface area (Å²) in [6, 6.07) is 0.459. The molecule has 2 bridgehead atoms. The van der Waals surface area contributed by atoms with E-state index < -0.39 is 46.5 Å². The SMILES string of the molecule is CN1C(=O)/C2=C(\O)C(=O)/C(c3nnc(Cc4c(F)cc(F)cc4F)s3)=C\C1COCCNN2. The van der Waals surface area contributed by atoms with Gasteiger partial charge in [0.05, 0.1) is 24.8 Å². The first-order chi connectivity index (χ1) is 15.8. The van der Waals surface area contributed by atoms with E-state index in [1.54, 1.807) is 0 Å². The molecular weight excluding hydrogens is 463 g/mol. The molecular formula is C20H18F3N5O4S. The Balaban J connectivity index is 1.72. The lowest BCUT2D eigenvalue weighted by Crippen LogP contribution is -2.49. The Morgan fingerprint density at radius 2 is 1.97 bits per heavy atom. The van der Waals surface area contributed by atoms with Crippen LogP contribution < -0.4 is 10.9 Å². The monoisotopic (exact) mass is 481 g/mol. The third-order valence-corrected chi connectivity index (χ3v) is 6.05. The number of halogens is 3. The molecule has 2 aliphatic rings. The highest BCUT2D eigenvalue weighted by Crippen LogP contribution is 2.28. The van der Waals surface area contributed by atoms with Crippen molar-refractivity contribution in [1.29, 1.82) is 0 Å². The molecule has 13 heteroatoms. The van der Waals surface area contributed by atoms with Crippen LogP contribution in [0.1, 0.15) is 15.6 Å². The summed E-state index contributed by atoms with van der Waals surface area (Å²) >= 11 is 0.876. The van der Waals surface area contributed by atoms with Crippen molar-refractivity contribution in [3.8, 4) is 0 Å². The van der Waals surface area contributed by atoms with E-state index in [1.165, 1.54) is 18.0 Å². The summed E-state index contributed by atoms with van der Waals surface area (Å²) in [7, 11) is 1.49. The summed E-state index contributed by atoms with van der Waals surface area (Å²) in [6.07, 6.45) is 1.12. The number of Topliss-reactive ketones (excluding diaryl/α,β-unsaturated/α-hetero) is 1. The number of benzene rings is 1. The van der Waals surface area contributed by atoms with Crippen LogP contribution >= 0.6 is 11.3 Å². The smallest absolute Gasteiger partial charge is 0.275 e. The number of hydrazine groups is 1. The van der Waals surface area contributed by atoms with Crippen molar-refractivity contribution in [3.05, 3.63) is 62.7 Å². The third kappa shape index (κ3) is 4.60. The number of nitrogens with one attached hydrogen (secondary N) is 2. The van der Waals surface area contributed by atoms with E-state index in [1.807, 2.05) is 0 Å². The maximum absolute atomic E-state index is 14.0. The zero-order valence-electron chi connectivity index (χ0n) is 17.2. The van der Waals surface area contributed by atoms with E-state index in [0.29, 0.717) is 25.3 Å². The fourth-order valence-electron chi connectivity index (χ4n) is 3.29. The molecule has 0 radical (unpaired) electrons. The average Bonchev–Trinajstić information content (AvgIpc) is 3.23. The summed E-state index contributed by atoms with van der Waals surface area (Å²) in [5.41, 5.74) is 4.46. The van der Waals surface area contributed by atoms with Gasteiger partial charge in [-0.3, -0.25) is 9.59 Å². The molecule has 0 saturated carbocycles. The minimum atomic E-state index is -1.07. The summed E-state index contributed by atoms with van der Waals surface area (Å²) in [4.78, 5) is 27.1. The first kappa shape index (κ1) is 22.9. The molecule has 1 saturated heterocycles. The quantitative estimate of drug-likeness (QED) is 0.600. The summed E-state index contributed by atoms with van der Waals surface area (Å²) in [5.74, 6) is -5.51. The Bertz CT molecular complexity index is 1160. The van der Waals surface area contributed by atoms with Gasteiger partial charge in [-0.05, 0) is 6.08 Å². The van der Waals surface area contributed by atoms with Crippen LogP contribution in [0, 0.1) is 17.5 Å². The number of aliphatic hydroxyl groups excluding tert-OH is 1. The molecule has 1 amide bonds. The Morgan fingerprint density at radius 1 is 1.24 bits per heavy atom. The number of ether oxygens (including phenoxy) is 1. The van der Waals surface area contributed by atoms with Crippen LogP contribution in [0.3, 0.4) is 0 Å². The molecule has 33 heavy (non-hydrogen) atoms. The molecule has 3 heterocycles. The normalized spacial score (nSPS) is 23.6. The second-order valence-corrected chi connectivity index (χ2v) is 8.33. The van der Waals surface area contributed by atoms with Crippen LogP contribution in [0.5, 0.6) is 0 Å². The highest BCUT2D eigenvalue weighted by Gasteiger charge is 2.34. The Labute approximate surface area is 189 Å². The number of nitrogens with zero attached hydrogens (tertiary/aromatic N) is 3. The molecule has 3 N–H and O–H groups in total. The second-order valence-electron chi connectivity index (χ2n) is 7.27. The van der Waals surface area contributed by atoms with Gasteiger partial charge in [0.1, 0.15) is 22.5 Å². The van der Waals surface area contributed by atoms with Crippen molar-refractivity contribution in [2.45, 2.75) is 12.5 Å². The number of aromatic nitrogens is 2. The zero-order chi connectivity index (χ0) is 23.7. The number of amides is 1. The lowest BCUT2D eigenvalue weighted by atomic mass is 10.0. The van der Waals surface area contributed by atoms with E-state index >= 15 is 0 Å². The second kappa shape index (κ2) is 9.29. The lowest BCUT2D eigenvalue weighted by molar-refractivity contribution is -0.130. The minimum Gasteiger partial charge on any atom is -0.503 e. The Morgan fingerprint density at radius 3 is 2.70 bits per heavy atom. The van der Waals surface area contributed by atoms with Crippen molar-refractivity contribution in [1.82, 2.24) is 25.9 Å². The number of hydrogen-bond donors (Lipinski definition) is 3. The molecule has 2 aliphatic heterocycles. The lowest BCUT2D eigenvalue weighted by Gasteiger charge is -2.30. The van der Waals surface area contributed by atoms with Gasteiger partial charge in [0.15, 0.2) is 16.5 Å². The van der Waals surface area contributed by atoms with Crippen LogP contribution in [-0.2, 0) is 20.7 Å². The molecule has 2 aromatic rings. The van der Waals surface area contributed by atoms with Crippen molar-refractivity contribution in [2.75, 3.05) is 26.8 Å². The van der Waals surface area contributed by atoms with Crippen LogP contribution in [0.2, 0.25) is 0 Å². The van der Waals surface area contributed by atoms with Gasteiger partial charge in [-0.25, -0.2) is 18.6 Å². The van der Waals surface area contributed by atoms with E-state index in [4.69, 9.17) is 4.74 Å². The molecule has 1 aromatic carbocycles. The highest BCUT2D eigenvalue weighted by molar-refractivity contribution is 7.12. The fraction of sp³-hybridized carbons (Fsp3) is 0.300. The van der Waals surface area contributed by atoms with Crippen LogP contribution in [0.25, 0.3) is 5.57 Å². The van der Waals surface area contributed by atoms with E-state index in [2.05, 4.69) is 21.0 Å². The number of hydrogen-bond acceptors (Lipinski definition) is 9. The first-order valence-electron chi connectivity index (χ1n) is 9.76. The molecule has 4 rings (SSSR count). The minimum absolute atomic E-state index is 0.0517. The predicted octanol–water partition coefficient (Wildman–Crippen LogP) is 1.23. The van der Waals surface area contributed by atoms with Crippen LogP contribution in [0.15, 0.2) is 29.7 Å². The molecule has 174 valence electrons. The van der Waals surface area contributed by atoms with Gasteiger partial charge < -0.3 is 20.2 Å². The van der Waals surface area contributed by atoms with Gasteiger partial charge in [-0.15, -0.1) is 10.2 Å². The topological polar surface area (TPSA) is 117 Å². The van der Waals surface area contributed by atoms with E-state index in [9.17, 15) is 27.9 Å². The molecule has 0 aliphatic carbocycles. The van der Waals surface area contributed by atoms with Gasteiger partial charge in [0.2, 0.25) is 5.78 Å². The summed E-state index contributed by atoms with van der Waals surface area (Å²) < 4.78 is 46.7. The predicted molar refractivity (Wildman–Crippen MR) is 110 cm³/mol. The maximum Gasteiger partial charge on any atom is 0.275 e. The summed E-state index contributed by atoms with van der Waals surface area (Å²) in [5, 5.41) is 18.6. The number of fused-ring (bicyclic) bond motifs is 3. The molecule has 1 fully saturated rings. The largest absolute Gasteiger partial charge is 0.503 e. The number of likely N-dealkylation sites (N-methyl/N-ethyl adjacent to an activating group) is 1. The number of carbonyl (C=O) groups excluding carboxylic acids is 2. The first-order valence-corrected chi connectivity index (χ1v) is 10.6. The van der Waals surface area contributed by atoms with Gasteiger partial charge in [-0.1, -0.05) is 11.3 Å². The highest BCUT2D eigenvalue weighted by atomic mass is 32.1. The number of rotatable bonds is 3. The fourth-order valence-corrected chi connectivity index (χ4v) is 4.17. The Kier molecular flexibility index (Phi) is 6.44. The summed E-state index contributed by atoms with van der Waals surface area (Å²) in [6.45, 7) is 0.697. The van der Waals surface area contributed by atoms with Gasteiger partial charge in [-0.2, -0.15) is 0 Å². The van der Waals surface area contributed by atoms with Crippen LogP contribution in [-0.4, -0.2) is 64.7 Å². The average molecular weight is 481 g/mol. The molecule has 1 atom stereocenters. The number of carbonyl (C=O) groups is 2. The molecule has 9 nitrogen and oxygen atoms in total. The molecule has 1 unspecified atom stereocenters. The Hall–Kier alpha value is -3.29. The van der Waals surface area contributed by atoms with Crippen molar-refractivity contribution >= 4 is 28.6 Å². The van der Waals surface area contributed by atoms with Crippen molar-refractivity contribution in [2.24, 2.45) is 0 Å². The maximum atomic E-state index is 14.0. The molecule has 1 aromatic heterocycles. The van der Waals surface area contributed by atoms with Crippen molar-refractivity contribution < 1.29 is 32.6 Å². The van der Waals surface area contributed by atoms with Gasteiger partial charge in [0.25, 0.3) is 5.91 Å². The molecule has 0 spiro atoms. The van der Waals surface area contributed by atoms with Crippen LogP contribution in [0.4, 0.5) is 13.2 Å². The number of allylic oxidation sites excluding steroid dienone is 1. The van der Waals surface area contributed by atoms with Crippen molar-refractivity contribution in [3.63, 3.8) is 0 Å². The zero-order valence-corrected chi connectivity index (χ0v) is 18.0. The number of ketones is 1. The third-order valence-electron chi connectivity index (χ3n) is 5.09. The van der Waals surface area contributed by atoms with E-state index in [0.717, 1.165) is 11.3 Å². The standard InChI is InChI=1S/C20H18F3N5O4S/c1-28-10-6-12(17(29)18(30)16(20(28)31)26-24-2-3-32-8-10)19-27-25-15(33-19)7-11-13(22)4-9(21)5-14(11)23/h4-6,10,24,26,30H,2-3,7-8H2,1H3/b12-6+,18-16+. The van der Waals surface area contributed by atoms with E-state index in [-0.39, 0.29) is 34.3 Å². The van der Waals surface area contributed by atoms with Gasteiger partial charge >= 0.3 is 0 Å².